The second-order valence-corrected chi connectivity index (χ2v) is 9.92. The molecular formula is C24H20Cl2F3N7O3. The quantitative estimate of drug-likeness (QED) is 0.318. The van der Waals surface area contributed by atoms with Crippen LogP contribution in [-0.4, -0.2) is 56.4 Å². The molecule has 0 radical (unpaired) electrons. The van der Waals surface area contributed by atoms with Crippen LogP contribution in [0.2, 0.25) is 10.0 Å². The van der Waals surface area contributed by atoms with Gasteiger partial charge in [-0.15, -0.1) is 0 Å². The summed E-state index contributed by atoms with van der Waals surface area (Å²) in [6.45, 7) is -0.555. The molecular weight excluding hydrogens is 562 g/mol. The molecule has 1 saturated carbocycles. The van der Waals surface area contributed by atoms with E-state index in [-0.39, 0.29) is 18.8 Å². The number of carbonyl (C=O) groups excluding carboxylic acids is 2. The smallest absolute Gasteiger partial charge is 0.411 e. The average molecular weight is 582 g/mol. The minimum Gasteiger partial charge on any atom is -0.447 e. The summed E-state index contributed by atoms with van der Waals surface area (Å²) in [4.78, 5) is 31.1. The van der Waals surface area contributed by atoms with Crippen LogP contribution in [0.4, 0.5) is 18.0 Å². The molecule has 4 N–H and O–H groups in total. The summed E-state index contributed by atoms with van der Waals surface area (Å²) in [6.07, 6.45) is -5.16. The number of halogens is 5. The van der Waals surface area contributed by atoms with Crippen LogP contribution < -0.4 is 10.6 Å². The van der Waals surface area contributed by atoms with Gasteiger partial charge in [-0.05, 0) is 48.2 Å². The van der Waals surface area contributed by atoms with E-state index >= 15 is 0 Å². The third-order valence-electron chi connectivity index (χ3n) is 6.57. The van der Waals surface area contributed by atoms with E-state index in [2.05, 4.69) is 20.5 Å². The highest BCUT2D eigenvalue weighted by Gasteiger charge is 2.64. The van der Waals surface area contributed by atoms with Crippen LogP contribution in [0.25, 0.3) is 11.4 Å². The molecule has 39 heavy (non-hydrogen) atoms. The number of rotatable bonds is 7. The summed E-state index contributed by atoms with van der Waals surface area (Å²) in [5.74, 6) is -0.513. The summed E-state index contributed by atoms with van der Waals surface area (Å²) in [6, 6.07) is 9.08. The summed E-state index contributed by atoms with van der Waals surface area (Å²) < 4.78 is 45.2. The van der Waals surface area contributed by atoms with Crippen molar-refractivity contribution in [3.8, 4) is 11.4 Å². The van der Waals surface area contributed by atoms with Gasteiger partial charge in [-0.3, -0.25) is 20.2 Å². The third-order valence-corrected chi connectivity index (χ3v) is 7.15. The van der Waals surface area contributed by atoms with E-state index in [0.29, 0.717) is 32.6 Å². The van der Waals surface area contributed by atoms with Gasteiger partial charge < -0.3 is 15.4 Å². The Morgan fingerprint density at radius 1 is 1.23 bits per heavy atom. The van der Waals surface area contributed by atoms with Crippen LogP contribution >= 0.6 is 23.2 Å². The van der Waals surface area contributed by atoms with Crippen molar-refractivity contribution >= 4 is 41.2 Å². The van der Waals surface area contributed by atoms with Gasteiger partial charge in [0.2, 0.25) is 0 Å². The van der Waals surface area contributed by atoms with Crippen LogP contribution in [0.3, 0.4) is 0 Å². The summed E-state index contributed by atoms with van der Waals surface area (Å²) in [7, 11) is 0. The normalized spacial score (nSPS) is 19.0. The number of benzene rings is 2. The van der Waals surface area contributed by atoms with Crippen molar-refractivity contribution in [1.82, 2.24) is 30.7 Å². The van der Waals surface area contributed by atoms with Crippen molar-refractivity contribution in [2.24, 2.45) is 0 Å². The molecule has 2 atom stereocenters. The predicted octanol–water partition coefficient (Wildman–Crippen LogP) is 4.75. The monoisotopic (exact) mass is 581 g/mol. The summed E-state index contributed by atoms with van der Waals surface area (Å²) >= 11 is 12.3. The Labute approximate surface area is 229 Å². The first-order valence-corrected chi connectivity index (χ1v) is 12.4. The molecule has 0 spiro atoms. The molecule has 2 aliphatic rings. The summed E-state index contributed by atoms with van der Waals surface area (Å²) in [5, 5.41) is 20.5. The molecule has 204 valence electrons. The van der Waals surface area contributed by atoms with Crippen molar-refractivity contribution in [3.05, 3.63) is 70.0 Å². The molecule has 1 aliphatic carbocycles. The molecule has 15 heteroatoms. The molecule has 1 aromatic heterocycles. The SMILES string of the molecule is N=C1NC(c2ccc(Cl)cc2)C(=O)N1C(COC(=O)NC1(C(F)(F)F)CC1)c1ccc(Cl)c(-c2ncn[nH]2)c1. The van der Waals surface area contributed by atoms with Gasteiger partial charge >= 0.3 is 12.3 Å². The van der Waals surface area contributed by atoms with Crippen LogP contribution in [0, 0.1) is 5.41 Å². The second-order valence-electron chi connectivity index (χ2n) is 9.08. The largest absolute Gasteiger partial charge is 0.447 e. The van der Waals surface area contributed by atoms with E-state index in [9.17, 15) is 22.8 Å². The van der Waals surface area contributed by atoms with Crippen LogP contribution in [0.1, 0.15) is 36.1 Å². The third kappa shape index (κ3) is 5.23. The first-order chi connectivity index (χ1) is 18.5. The highest BCUT2D eigenvalue weighted by molar-refractivity contribution is 6.33. The predicted molar refractivity (Wildman–Crippen MR) is 134 cm³/mol. The zero-order valence-electron chi connectivity index (χ0n) is 19.9. The minimum absolute atomic E-state index is 0.255. The standard InChI is InChI=1S/C24H20Cl2F3N7O3/c25-14-4-1-12(2-5-14)18-20(37)36(21(30)33-18)17(10-39-22(38)34-23(7-8-23)24(27,28)29)13-3-6-16(26)15(9-13)19-31-11-32-35-19/h1-6,9,11,17-18H,7-8,10H2,(H2,30,33)(H,34,38)(H,31,32,35). The van der Waals surface area contributed by atoms with E-state index < -0.39 is 42.4 Å². The number of ether oxygens (including phenoxy) is 1. The number of nitrogens with zero attached hydrogens (tertiary/aromatic N) is 3. The van der Waals surface area contributed by atoms with Gasteiger partial charge in [-0.2, -0.15) is 18.3 Å². The first-order valence-electron chi connectivity index (χ1n) is 11.6. The van der Waals surface area contributed by atoms with E-state index in [1.54, 1.807) is 36.4 Å². The molecule has 0 bridgehead atoms. The fraction of sp³-hybridized carbons (Fsp3) is 0.292. The number of aromatic amines is 1. The van der Waals surface area contributed by atoms with Crippen molar-refractivity contribution < 1.29 is 27.5 Å². The van der Waals surface area contributed by atoms with Crippen LogP contribution in [0.5, 0.6) is 0 Å². The number of amides is 2. The lowest BCUT2D eigenvalue weighted by atomic mass is 10.0. The fourth-order valence-corrected chi connectivity index (χ4v) is 4.62. The number of guanidine groups is 1. The second kappa shape index (κ2) is 10.0. The maximum atomic E-state index is 13.5. The van der Waals surface area contributed by atoms with Crippen molar-refractivity contribution in [2.75, 3.05) is 6.61 Å². The van der Waals surface area contributed by atoms with Gasteiger partial charge in [-0.1, -0.05) is 41.4 Å². The maximum absolute atomic E-state index is 13.5. The lowest BCUT2D eigenvalue weighted by molar-refractivity contribution is -0.164. The first kappa shape index (κ1) is 26.8. The number of nitrogens with one attached hydrogen (secondary N) is 4. The number of hydrogen-bond acceptors (Lipinski definition) is 6. The number of alkyl carbamates (subject to hydrolysis) is 1. The van der Waals surface area contributed by atoms with Crippen molar-refractivity contribution in [3.63, 3.8) is 0 Å². The molecule has 1 saturated heterocycles. The van der Waals surface area contributed by atoms with Gasteiger partial charge in [-0.25, -0.2) is 9.78 Å². The Hall–Kier alpha value is -3.84. The minimum atomic E-state index is -4.63. The van der Waals surface area contributed by atoms with E-state index in [4.69, 9.17) is 33.3 Å². The number of aromatic nitrogens is 3. The molecule has 2 amide bonds. The molecule has 3 aromatic rings. The van der Waals surface area contributed by atoms with E-state index in [1.807, 2.05) is 5.32 Å². The van der Waals surface area contributed by atoms with Gasteiger partial charge in [0, 0.05) is 10.6 Å². The van der Waals surface area contributed by atoms with Gasteiger partial charge in [0.05, 0.1) is 11.1 Å². The number of carbonyl (C=O) groups is 2. The van der Waals surface area contributed by atoms with Crippen LogP contribution in [-0.2, 0) is 9.53 Å². The van der Waals surface area contributed by atoms with Crippen molar-refractivity contribution in [1.29, 1.82) is 5.41 Å². The zero-order valence-corrected chi connectivity index (χ0v) is 21.4. The topological polar surface area (TPSA) is 136 Å². The molecule has 10 nitrogen and oxygen atoms in total. The lowest BCUT2D eigenvalue weighted by Crippen LogP contribution is -2.48. The maximum Gasteiger partial charge on any atom is 0.411 e. The Morgan fingerprint density at radius 2 is 1.95 bits per heavy atom. The Balaban J connectivity index is 1.45. The Kier molecular flexibility index (Phi) is 6.89. The highest BCUT2D eigenvalue weighted by Crippen LogP contribution is 2.49. The van der Waals surface area contributed by atoms with Gasteiger partial charge in [0.1, 0.15) is 24.5 Å². The molecule has 2 fully saturated rings. The zero-order chi connectivity index (χ0) is 27.9. The Morgan fingerprint density at radius 3 is 2.56 bits per heavy atom. The number of hydrogen-bond donors (Lipinski definition) is 4. The highest BCUT2D eigenvalue weighted by atomic mass is 35.5. The lowest BCUT2D eigenvalue weighted by Gasteiger charge is -2.28. The number of alkyl halides is 3. The van der Waals surface area contributed by atoms with Crippen molar-refractivity contribution in [2.45, 2.75) is 36.6 Å². The molecule has 1 aliphatic heterocycles. The molecule has 2 heterocycles. The average Bonchev–Trinajstić information content (AvgIpc) is 3.36. The van der Waals surface area contributed by atoms with E-state index in [1.165, 1.54) is 12.4 Å². The fourth-order valence-electron chi connectivity index (χ4n) is 4.28. The Bertz CT molecular complexity index is 1410. The molecule has 2 unspecified atom stereocenters. The summed E-state index contributed by atoms with van der Waals surface area (Å²) in [5.41, 5.74) is -0.993. The van der Waals surface area contributed by atoms with Gasteiger partial charge in [0.25, 0.3) is 5.91 Å². The van der Waals surface area contributed by atoms with E-state index in [0.717, 1.165) is 4.90 Å². The molecule has 2 aromatic carbocycles. The van der Waals surface area contributed by atoms with Gasteiger partial charge in [0.15, 0.2) is 11.8 Å². The van der Waals surface area contributed by atoms with Crippen LogP contribution in [0.15, 0.2) is 48.8 Å². The number of H-pyrrole nitrogens is 1. The molecule has 5 rings (SSSR count).